The van der Waals surface area contributed by atoms with E-state index in [1.807, 2.05) is 30.3 Å². The molecule has 0 bridgehead atoms. The normalized spacial score (nSPS) is 13.7. The smallest absolute Gasteiger partial charge is 0.118 e. The topological polar surface area (TPSA) is 38.7 Å². The predicted octanol–water partition coefficient (Wildman–Crippen LogP) is 3.40. The highest BCUT2D eigenvalue weighted by molar-refractivity contribution is 6.80. The van der Waals surface area contributed by atoms with Gasteiger partial charge in [0.25, 0.3) is 0 Å². The summed E-state index contributed by atoms with van der Waals surface area (Å²) >= 11 is 0. The van der Waals surface area contributed by atoms with E-state index in [1.54, 1.807) is 7.11 Å². The lowest BCUT2D eigenvalue weighted by Gasteiger charge is -2.11. The first-order valence-electron chi connectivity index (χ1n) is 6.99. The summed E-state index contributed by atoms with van der Waals surface area (Å²) in [4.78, 5) is 0. The zero-order valence-corrected chi connectivity index (χ0v) is 13.9. The first kappa shape index (κ1) is 16.9. The average molecular weight is 294 g/mol. The number of benzene rings is 1. The number of hydrogen-bond donors (Lipinski definition) is 1. The molecule has 0 heterocycles. The van der Waals surface area contributed by atoms with E-state index in [-0.39, 0.29) is 0 Å². The van der Waals surface area contributed by atoms with Gasteiger partial charge >= 0.3 is 0 Å². The molecule has 3 nitrogen and oxygen atoms in total. The van der Waals surface area contributed by atoms with E-state index in [0.29, 0.717) is 19.6 Å². The fourth-order valence-corrected chi connectivity index (χ4v) is 2.41. The highest BCUT2D eigenvalue weighted by Gasteiger charge is 2.08. The highest BCUT2D eigenvalue weighted by atomic mass is 28.3. The second-order valence-electron chi connectivity index (χ2n) is 5.98. The van der Waals surface area contributed by atoms with Crippen LogP contribution in [0.2, 0.25) is 19.6 Å². The molecule has 1 rings (SSSR count). The van der Waals surface area contributed by atoms with Gasteiger partial charge in [-0.1, -0.05) is 43.5 Å². The molecule has 20 heavy (non-hydrogen) atoms. The number of ether oxygens (including phenoxy) is 2. The maximum atomic E-state index is 9.82. The number of methoxy groups -OCH3 is 1. The van der Waals surface area contributed by atoms with Crippen LogP contribution >= 0.6 is 0 Å². The Morgan fingerprint density at radius 3 is 2.40 bits per heavy atom. The Hall–Kier alpha value is -1.10. The van der Waals surface area contributed by atoms with Crippen molar-refractivity contribution in [2.75, 3.05) is 13.7 Å². The molecule has 1 aromatic carbocycles. The van der Waals surface area contributed by atoms with Gasteiger partial charge in [-0.2, -0.15) is 0 Å². The van der Waals surface area contributed by atoms with Gasteiger partial charge in [0.05, 0.1) is 27.9 Å². The minimum atomic E-state index is -1.22. The van der Waals surface area contributed by atoms with Crippen LogP contribution in [0.25, 0.3) is 0 Å². The van der Waals surface area contributed by atoms with Crippen molar-refractivity contribution < 1.29 is 14.6 Å². The maximum Gasteiger partial charge on any atom is 0.118 e. The van der Waals surface area contributed by atoms with Crippen molar-refractivity contribution in [1.29, 1.82) is 0 Å². The molecular weight excluding hydrogens is 268 g/mol. The molecular formula is C16H26O3Si. The van der Waals surface area contributed by atoms with Crippen LogP contribution in [0.1, 0.15) is 12.0 Å². The van der Waals surface area contributed by atoms with Crippen LogP contribution in [0.15, 0.2) is 36.0 Å². The summed E-state index contributed by atoms with van der Waals surface area (Å²) in [7, 11) is 0.431. The Balaban J connectivity index is 2.22. The van der Waals surface area contributed by atoms with Gasteiger partial charge < -0.3 is 14.6 Å². The van der Waals surface area contributed by atoms with Crippen molar-refractivity contribution in [2.45, 2.75) is 38.8 Å². The second kappa shape index (κ2) is 8.24. The number of rotatable bonds is 8. The van der Waals surface area contributed by atoms with Gasteiger partial charge in [-0.25, -0.2) is 0 Å². The summed E-state index contributed by atoms with van der Waals surface area (Å²) in [6.45, 7) is 7.86. The second-order valence-corrected chi connectivity index (χ2v) is 11.0. The van der Waals surface area contributed by atoms with Crippen LogP contribution in [0.3, 0.4) is 0 Å². The molecule has 1 aromatic rings. The van der Waals surface area contributed by atoms with Crippen LogP contribution < -0.4 is 4.74 Å². The van der Waals surface area contributed by atoms with Gasteiger partial charge in [0, 0.05) is 13.0 Å². The summed E-state index contributed by atoms with van der Waals surface area (Å²) in [6.07, 6.45) is 2.14. The van der Waals surface area contributed by atoms with Crippen molar-refractivity contribution in [2.24, 2.45) is 0 Å². The molecule has 0 aliphatic heterocycles. The molecule has 112 valence electrons. The number of aliphatic hydroxyl groups is 1. The first-order valence-corrected chi connectivity index (χ1v) is 10.6. The molecule has 0 saturated carbocycles. The predicted molar refractivity (Wildman–Crippen MR) is 85.8 cm³/mol. The zero-order chi connectivity index (χ0) is 15.0. The van der Waals surface area contributed by atoms with E-state index in [1.165, 1.54) is 0 Å². The van der Waals surface area contributed by atoms with E-state index in [2.05, 4.69) is 25.3 Å². The first-order chi connectivity index (χ1) is 9.40. The third-order valence-corrected chi connectivity index (χ3v) is 4.00. The van der Waals surface area contributed by atoms with Crippen LogP contribution in [-0.4, -0.2) is 33.0 Å². The van der Waals surface area contributed by atoms with Crippen LogP contribution in [0.5, 0.6) is 5.75 Å². The van der Waals surface area contributed by atoms with Crippen LogP contribution in [0.4, 0.5) is 0 Å². The van der Waals surface area contributed by atoms with E-state index >= 15 is 0 Å². The van der Waals surface area contributed by atoms with Gasteiger partial charge in [-0.05, 0) is 17.7 Å². The average Bonchev–Trinajstić information content (AvgIpc) is 2.41. The molecule has 0 aliphatic rings. The van der Waals surface area contributed by atoms with Crippen LogP contribution in [0, 0.1) is 0 Å². The van der Waals surface area contributed by atoms with Gasteiger partial charge in [0.2, 0.25) is 0 Å². The number of aliphatic hydroxyl groups excluding tert-OH is 1. The molecule has 4 heteroatoms. The molecule has 0 amide bonds. The van der Waals surface area contributed by atoms with Crippen molar-refractivity contribution >= 4 is 8.07 Å². The van der Waals surface area contributed by atoms with E-state index in [4.69, 9.17) is 9.47 Å². The molecule has 1 N–H and O–H groups in total. The molecule has 0 spiro atoms. The standard InChI is InChI=1S/C16H26O3Si/c1-18-16-7-5-14(6-8-16)13-19-11-9-15(17)10-12-20(2,3)4/h5-8,10,12,15,17H,9,11,13H2,1-4H3/b12-10+. The lowest BCUT2D eigenvalue weighted by Crippen LogP contribution is -2.17. The third-order valence-electron chi connectivity index (χ3n) is 2.80. The SMILES string of the molecule is COc1ccc(COCCC(O)/C=C/[Si](C)(C)C)cc1. The lowest BCUT2D eigenvalue weighted by atomic mass is 10.2. The summed E-state index contributed by atoms with van der Waals surface area (Å²) in [5.74, 6) is 0.848. The molecule has 0 aliphatic carbocycles. The Labute approximate surface area is 123 Å². The van der Waals surface area contributed by atoms with Gasteiger partial charge in [-0.15, -0.1) is 0 Å². The summed E-state index contributed by atoms with van der Waals surface area (Å²) < 4.78 is 10.7. The number of hydrogen-bond acceptors (Lipinski definition) is 3. The molecule has 0 saturated heterocycles. The fraction of sp³-hybridized carbons (Fsp3) is 0.500. The van der Waals surface area contributed by atoms with E-state index in [0.717, 1.165) is 11.3 Å². The lowest BCUT2D eigenvalue weighted by molar-refractivity contribution is 0.0883. The van der Waals surface area contributed by atoms with Crippen molar-refractivity contribution in [3.05, 3.63) is 41.6 Å². The minimum absolute atomic E-state index is 0.405. The molecule has 1 atom stereocenters. The molecule has 0 aromatic heterocycles. The van der Waals surface area contributed by atoms with Gasteiger partial charge in [0.1, 0.15) is 5.75 Å². The Morgan fingerprint density at radius 1 is 1.20 bits per heavy atom. The monoisotopic (exact) mass is 294 g/mol. The maximum absolute atomic E-state index is 9.82. The third kappa shape index (κ3) is 7.48. The quantitative estimate of drug-likeness (QED) is 0.590. The van der Waals surface area contributed by atoms with Crippen molar-refractivity contribution in [3.63, 3.8) is 0 Å². The van der Waals surface area contributed by atoms with Gasteiger partial charge in [0.15, 0.2) is 0 Å². The van der Waals surface area contributed by atoms with E-state index in [9.17, 15) is 5.11 Å². The largest absolute Gasteiger partial charge is 0.497 e. The minimum Gasteiger partial charge on any atom is -0.497 e. The van der Waals surface area contributed by atoms with Gasteiger partial charge in [-0.3, -0.25) is 0 Å². The highest BCUT2D eigenvalue weighted by Crippen LogP contribution is 2.12. The summed E-state index contributed by atoms with van der Waals surface area (Å²) in [6, 6.07) is 7.81. The van der Waals surface area contributed by atoms with Crippen molar-refractivity contribution in [3.8, 4) is 5.75 Å². The summed E-state index contributed by atoms with van der Waals surface area (Å²) in [5.41, 5.74) is 3.28. The summed E-state index contributed by atoms with van der Waals surface area (Å²) in [5, 5.41) is 9.82. The molecule has 0 radical (unpaired) electrons. The zero-order valence-electron chi connectivity index (χ0n) is 12.9. The Morgan fingerprint density at radius 2 is 1.85 bits per heavy atom. The Kier molecular flexibility index (Phi) is 6.99. The molecule has 1 unspecified atom stereocenters. The molecule has 0 fully saturated rings. The Bertz CT molecular complexity index is 407. The fourth-order valence-electron chi connectivity index (χ4n) is 1.61. The van der Waals surface area contributed by atoms with Crippen LogP contribution in [-0.2, 0) is 11.3 Å². The van der Waals surface area contributed by atoms with E-state index < -0.39 is 14.2 Å². The van der Waals surface area contributed by atoms with Crippen molar-refractivity contribution in [1.82, 2.24) is 0 Å².